The molecule has 2 aromatic carbocycles. The average Bonchev–Trinajstić information content (AvgIpc) is 3.73. The molecular weight excluding hydrogens is 604 g/mol. The summed E-state index contributed by atoms with van der Waals surface area (Å²) >= 11 is 0. The number of hydrogen-bond acceptors (Lipinski definition) is 11. The Bertz CT molecular complexity index is 1480. The van der Waals surface area contributed by atoms with Crippen LogP contribution in [0.15, 0.2) is 53.9 Å². The van der Waals surface area contributed by atoms with Crippen LogP contribution >= 0.6 is 0 Å². The maximum Gasteiger partial charge on any atom is 0.547 e. The van der Waals surface area contributed by atoms with E-state index in [2.05, 4.69) is 27.0 Å². The second-order valence-corrected chi connectivity index (χ2v) is 10.4. The van der Waals surface area contributed by atoms with Crippen molar-refractivity contribution in [1.82, 2.24) is 35.0 Å². The van der Waals surface area contributed by atoms with E-state index >= 15 is 4.39 Å². The zero-order valence-corrected chi connectivity index (χ0v) is 24.8. The lowest BCUT2D eigenvalue weighted by molar-refractivity contribution is -0.0605. The van der Waals surface area contributed by atoms with Crippen LogP contribution in [0.4, 0.5) is 24.1 Å². The molecule has 1 saturated heterocycles. The number of nitrogens with zero attached hydrogens (tertiary/aromatic N) is 9. The van der Waals surface area contributed by atoms with Crippen molar-refractivity contribution in [3.63, 3.8) is 0 Å². The van der Waals surface area contributed by atoms with Crippen LogP contribution in [0.25, 0.3) is 5.69 Å². The number of β-amino-alcohol motifs (C(OH)–C–C–N with tert-alkyl or cyclic N) is 1. The minimum absolute atomic E-state index is 0. The first-order valence-corrected chi connectivity index (χ1v) is 13.4. The number of carbonyl (C=O) groups excluding carboxylic acids is 2. The van der Waals surface area contributed by atoms with Crippen LogP contribution in [0.2, 0.25) is 0 Å². The van der Waals surface area contributed by atoms with Crippen molar-refractivity contribution < 1.29 is 45.4 Å². The SMILES string of the molecule is CC(C)OC(=O)OCN1[C+]=NN(C[C@@](O)(c2ccc(F)cc2F)[C@@H](C)N2CCN(c3ccc(-n4cnnn4)cc3)C2=O)C1.[Cl-]. The Morgan fingerprint density at radius 2 is 1.84 bits per heavy atom. The van der Waals surface area contributed by atoms with Crippen molar-refractivity contribution in [2.24, 2.45) is 5.10 Å². The monoisotopic (exact) mass is 633 g/mol. The molecule has 0 saturated carbocycles. The van der Waals surface area contributed by atoms with Crippen LogP contribution in [0, 0.1) is 11.6 Å². The molecule has 0 aliphatic carbocycles. The number of rotatable bonds is 10. The van der Waals surface area contributed by atoms with E-state index in [1.807, 2.05) is 0 Å². The molecule has 1 fully saturated rings. The van der Waals surface area contributed by atoms with Gasteiger partial charge in [0.15, 0.2) is 6.67 Å². The molecule has 2 aliphatic heterocycles. The molecule has 3 heterocycles. The van der Waals surface area contributed by atoms with Gasteiger partial charge in [-0.25, -0.2) is 28.1 Å². The molecule has 2 amide bonds. The van der Waals surface area contributed by atoms with E-state index in [1.165, 1.54) is 25.8 Å². The predicted octanol–water partition coefficient (Wildman–Crippen LogP) is -0.623. The van der Waals surface area contributed by atoms with Gasteiger partial charge in [-0.15, -0.1) is 5.10 Å². The van der Waals surface area contributed by atoms with Gasteiger partial charge in [-0.2, -0.15) is 0 Å². The number of amides is 2. The molecule has 1 aromatic heterocycles. The normalized spacial score (nSPS) is 16.6. The summed E-state index contributed by atoms with van der Waals surface area (Å²) in [6, 6.07) is 8.51. The van der Waals surface area contributed by atoms with Crippen molar-refractivity contribution in [2.45, 2.75) is 38.5 Å². The van der Waals surface area contributed by atoms with Crippen molar-refractivity contribution in [2.75, 3.05) is 37.9 Å². The second kappa shape index (κ2) is 13.3. The summed E-state index contributed by atoms with van der Waals surface area (Å²) in [5, 5.41) is 28.7. The maximum absolute atomic E-state index is 15.2. The van der Waals surface area contributed by atoms with Gasteiger partial charge in [0, 0.05) is 30.4 Å². The van der Waals surface area contributed by atoms with Gasteiger partial charge in [0.05, 0.1) is 24.4 Å². The number of tetrazole rings is 1. The number of aromatic nitrogens is 4. The quantitative estimate of drug-likeness (QED) is 0.227. The molecule has 5 rings (SSSR count). The molecule has 2 aliphatic rings. The van der Waals surface area contributed by atoms with Crippen LogP contribution in [0.3, 0.4) is 0 Å². The smallest absolute Gasteiger partial charge is 0.547 e. The fourth-order valence-electron chi connectivity index (χ4n) is 4.94. The fraction of sp³-hybridized carbons (Fsp3) is 0.407. The van der Waals surface area contributed by atoms with E-state index in [0.29, 0.717) is 24.0 Å². The summed E-state index contributed by atoms with van der Waals surface area (Å²) in [4.78, 5) is 29.7. The molecule has 0 bridgehead atoms. The zero-order valence-electron chi connectivity index (χ0n) is 24.0. The summed E-state index contributed by atoms with van der Waals surface area (Å²) in [7, 11) is 0. The number of urea groups is 1. The third-order valence-corrected chi connectivity index (χ3v) is 7.13. The van der Waals surface area contributed by atoms with E-state index in [1.54, 1.807) is 49.9 Å². The zero-order chi connectivity index (χ0) is 30.7. The van der Waals surface area contributed by atoms with E-state index < -0.39 is 35.5 Å². The molecule has 3 aromatic rings. The number of hydrazone groups is 1. The van der Waals surface area contributed by atoms with Gasteiger partial charge in [-0.3, -0.25) is 4.90 Å². The Balaban J connectivity index is 0.00000442. The van der Waals surface area contributed by atoms with E-state index in [9.17, 15) is 19.1 Å². The van der Waals surface area contributed by atoms with Crippen LogP contribution in [0.5, 0.6) is 0 Å². The first-order valence-electron chi connectivity index (χ1n) is 13.4. The van der Waals surface area contributed by atoms with Gasteiger partial charge in [0.2, 0.25) is 6.73 Å². The van der Waals surface area contributed by atoms with Gasteiger partial charge >= 0.3 is 18.5 Å². The number of aliphatic hydroxyl groups is 1. The van der Waals surface area contributed by atoms with Gasteiger partial charge in [0.25, 0.3) is 0 Å². The predicted molar refractivity (Wildman–Crippen MR) is 147 cm³/mol. The fourth-order valence-corrected chi connectivity index (χ4v) is 4.94. The number of hydrogen-bond donors (Lipinski definition) is 1. The lowest BCUT2D eigenvalue weighted by atomic mass is 9.85. The van der Waals surface area contributed by atoms with Crippen LogP contribution < -0.4 is 17.3 Å². The van der Waals surface area contributed by atoms with Gasteiger partial charge in [0.1, 0.15) is 28.7 Å². The Morgan fingerprint density at radius 1 is 1.11 bits per heavy atom. The highest BCUT2D eigenvalue weighted by Gasteiger charge is 2.48. The van der Waals surface area contributed by atoms with Crippen LogP contribution in [-0.2, 0) is 15.1 Å². The number of halogens is 3. The lowest BCUT2D eigenvalue weighted by Gasteiger charge is -2.40. The summed E-state index contributed by atoms with van der Waals surface area (Å²) in [6.07, 6.45) is 2.88. The molecular formula is C27H30ClF2N9O5. The van der Waals surface area contributed by atoms with E-state index in [-0.39, 0.29) is 50.6 Å². The van der Waals surface area contributed by atoms with Gasteiger partial charge in [-0.05, 0) is 61.5 Å². The Labute approximate surface area is 257 Å². The first kappa shape index (κ1) is 32.3. The summed E-state index contributed by atoms with van der Waals surface area (Å²) in [6.45, 7) is 5.01. The molecule has 234 valence electrons. The third kappa shape index (κ3) is 6.77. The lowest BCUT2D eigenvalue weighted by Crippen LogP contribution is -3.00. The summed E-state index contributed by atoms with van der Waals surface area (Å²) in [5.41, 5.74) is -0.931. The highest BCUT2D eigenvalue weighted by molar-refractivity contribution is 5.94. The molecule has 1 N–H and O–H groups in total. The molecule has 17 heteroatoms. The summed E-state index contributed by atoms with van der Waals surface area (Å²) in [5.74, 6) is -1.78. The van der Waals surface area contributed by atoms with E-state index in [4.69, 9.17) is 9.47 Å². The number of ether oxygens (including phenoxy) is 2. The number of anilines is 1. The molecule has 0 radical (unpaired) electrons. The van der Waals surface area contributed by atoms with E-state index in [0.717, 1.165) is 12.1 Å². The Hall–Kier alpha value is -4.66. The van der Waals surface area contributed by atoms with Crippen molar-refractivity contribution in [1.29, 1.82) is 0 Å². The van der Waals surface area contributed by atoms with Crippen molar-refractivity contribution in [3.05, 3.63) is 66.0 Å². The highest BCUT2D eigenvalue weighted by atomic mass is 35.5. The average molecular weight is 634 g/mol. The number of carbonyl (C=O) groups is 2. The first-order chi connectivity index (χ1) is 20.5. The van der Waals surface area contributed by atoms with Crippen LogP contribution in [-0.4, -0.2) is 104 Å². The molecule has 14 nitrogen and oxygen atoms in total. The minimum Gasteiger partial charge on any atom is -1.00 e. The van der Waals surface area contributed by atoms with Gasteiger partial charge in [-0.1, -0.05) is 11.0 Å². The standard InChI is InChI=1S/C27H30F2N9O5.ClH/c1-18(2)43-26(40)42-17-34-15-31-35(16-34)13-27(41,23-9-4-20(28)12-24(23)29)19(3)36-10-11-37(25(36)39)21-5-7-22(8-6-21)38-14-30-32-33-38;/h4-9,12,14,18-19,41H,10-11,13,16-17H2,1-3H3;1H/q+1;/p-1/t19-,27+;/m1./s1. The molecule has 44 heavy (non-hydrogen) atoms. The van der Waals surface area contributed by atoms with Crippen LogP contribution in [0.1, 0.15) is 26.3 Å². The highest BCUT2D eigenvalue weighted by Crippen LogP contribution is 2.35. The molecule has 0 spiro atoms. The molecule has 0 unspecified atom stereocenters. The number of benzene rings is 2. The van der Waals surface area contributed by atoms with Gasteiger partial charge < -0.3 is 31.9 Å². The van der Waals surface area contributed by atoms with Crippen molar-refractivity contribution in [3.8, 4) is 5.69 Å². The minimum atomic E-state index is -2.04. The topological polar surface area (TPSA) is 142 Å². The maximum atomic E-state index is 15.2. The van der Waals surface area contributed by atoms with Crippen molar-refractivity contribution >= 4 is 24.2 Å². The Kier molecular flexibility index (Phi) is 9.77. The molecule has 2 atom stereocenters. The second-order valence-electron chi connectivity index (χ2n) is 10.4. The third-order valence-electron chi connectivity index (χ3n) is 7.13. The largest absolute Gasteiger partial charge is 1.00 e. The Morgan fingerprint density at radius 3 is 2.50 bits per heavy atom. The summed E-state index contributed by atoms with van der Waals surface area (Å²) < 4.78 is 40.5.